The number of fused-ring (bicyclic) bond motifs is 1. The fourth-order valence-electron chi connectivity index (χ4n) is 2.04. The average molecular weight is 211 g/mol. The van der Waals surface area contributed by atoms with Gasteiger partial charge in [0.05, 0.1) is 6.04 Å². The van der Waals surface area contributed by atoms with Gasteiger partial charge < -0.3 is 4.84 Å². The van der Waals surface area contributed by atoms with Gasteiger partial charge in [0.15, 0.2) is 0 Å². The number of hydrogen-bond donors (Lipinski definition) is 1. The molecule has 1 N–H and O–H groups in total. The van der Waals surface area contributed by atoms with E-state index in [1.54, 1.807) is 0 Å². The molecule has 1 atom stereocenters. The van der Waals surface area contributed by atoms with Gasteiger partial charge in [-0.2, -0.15) is 0 Å². The van der Waals surface area contributed by atoms with E-state index in [2.05, 4.69) is 41.9 Å². The minimum Gasteiger partial charge on any atom is -0.408 e. The Morgan fingerprint density at radius 2 is 1.69 bits per heavy atom. The van der Waals surface area contributed by atoms with Crippen LogP contribution in [0, 0.1) is 0 Å². The first-order chi connectivity index (χ1) is 7.93. The monoisotopic (exact) mass is 211 g/mol. The maximum atomic E-state index is 5.54. The van der Waals surface area contributed by atoms with Crippen LogP contribution in [-0.2, 0) is 6.42 Å². The molecule has 1 unspecified atom stereocenters. The van der Waals surface area contributed by atoms with Gasteiger partial charge >= 0.3 is 0 Å². The van der Waals surface area contributed by atoms with Gasteiger partial charge in [0.2, 0.25) is 0 Å². The highest BCUT2D eigenvalue weighted by atomic mass is 16.6. The maximum absolute atomic E-state index is 5.54. The van der Waals surface area contributed by atoms with E-state index in [-0.39, 0.29) is 6.04 Å². The van der Waals surface area contributed by atoms with Crippen LogP contribution in [0.1, 0.15) is 17.2 Å². The van der Waals surface area contributed by atoms with E-state index >= 15 is 0 Å². The lowest BCUT2D eigenvalue weighted by molar-refractivity contribution is 0.134. The predicted octanol–water partition coefficient (Wildman–Crippen LogP) is 2.87. The van der Waals surface area contributed by atoms with E-state index in [1.807, 2.05) is 18.2 Å². The van der Waals surface area contributed by atoms with Gasteiger partial charge in [-0.15, -0.1) is 5.48 Å². The summed E-state index contributed by atoms with van der Waals surface area (Å²) in [7, 11) is 0. The number of rotatable bonds is 1. The lowest BCUT2D eigenvalue weighted by atomic mass is 9.98. The van der Waals surface area contributed by atoms with Crippen LogP contribution in [0.15, 0.2) is 54.6 Å². The molecule has 3 rings (SSSR count). The molecule has 1 heterocycles. The summed E-state index contributed by atoms with van der Waals surface area (Å²) in [5, 5.41) is 0. The van der Waals surface area contributed by atoms with Crippen LogP contribution in [0.3, 0.4) is 0 Å². The van der Waals surface area contributed by atoms with Crippen LogP contribution in [0.2, 0.25) is 0 Å². The molecule has 2 aromatic rings. The number of nitrogens with one attached hydrogen (secondary N) is 1. The van der Waals surface area contributed by atoms with Gasteiger partial charge in [0.1, 0.15) is 5.75 Å². The summed E-state index contributed by atoms with van der Waals surface area (Å²) in [5.41, 5.74) is 5.61. The van der Waals surface area contributed by atoms with Gasteiger partial charge in [-0.3, -0.25) is 0 Å². The Balaban J connectivity index is 1.89. The SMILES string of the molecule is c1ccc(C2Cc3ccccc3ON2)cc1. The van der Waals surface area contributed by atoms with Crippen LogP contribution in [0.4, 0.5) is 0 Å². The smallest absolute Gasteiger partial charge is 0.150 e. The van der Waals surface area contributed by atoms with E-state index in [9.17, 15) is 0 Å². The van der Waals surface area contributed by atoms with E-state index < -0.39 is 0 Å². The quantitative estimate of drug-likeness (QED) is 0.783. The fourth-order valence-corrected chi connectivity index (χ4v) is 2.04. The van der Waals surface area contributed by atoms with E-state index in [1.165, 1.54) is 11.1 Å². The molecule has 2 aromatic carbocycles. The van der Waals surface area contributed by atoms with Crippen molar-refractivity contribution in [2.45, 2.75) is 12.5 Å². The van der Waals surface area contributed by atoms with E-state index in [4.69, 9.17) is 4.84 Å². The lowest BCUT2D eigenvalue weighted by Crippen LogP contribution is -2.31. The lowest BCUT2D eigenvalue weighted by Gasteiger charge is -2.26. The minimum absolute atomic E-state index is 0.246. The summed E-state index contributed by atoms with van der Waals surface area (Å²) >= 11 is 0. The molecule has 80 valence electrons. The van der Waals surface area contributed by atoms with Crippen molar-refractivity contribution < 1.29 is 4.84 Å². The number of hydroxylamine groups is 1. The molecule has 0 saturated carbocycles. The Bertz CT molecular complexity index is 481. The highest BCUT2D eigenvalue weighted by Gasteiger charge is 2.20. The van der Waals surface area contributed by atoms with E-state index in [0.717, 1.165) is 12.2 Å². The number of para-hydroxylation sites is 1. The first kappa shape index (κ1) is 9.43. The zero-order valence-corrected chi connectivity index (χ0v) is 8.89. The van der Waals surface area contributed by atoms with Crippen molar-refractivity contribution in [1.82, 2.24) is 5.48 Å². The largest absolute Gasteiger partial charge is 0.408 e. The molecule has 0 saturated heterocycles. The number of benzene rings is 2. The predicted molar refractivity (Wildman–Crippen MR) is 63.1 cm³/mol. The number of hydrogen-bond acceptors (Lipinski definition) is 2. The third kappa shape index (κ3) is 1.68. The van der Waals surface area contributed by atoms with Crippen LogP contribution in [0.25, 0.3) is 0 Å². The van der Waals surface area contributed by atoms with Gasteiger partial charge in [0.25, 0.3) is 0 Å². The molecular formula is C14H13NO. The molecule has 0 spiro atoms. The van der Waals surface area contributed by atoms with Gasteiger partial charge in [-0.1, -0.05) is 48.5 Å². The molecule has 2 nitrogen and oxygen atoms in total. The Kier molecular flexibility index (Phi) is 2.35. The van der Waals surface area contributed by atoms with Gasteiger partial charge in [0, 0.05) is 0 Å². The molecule has 1 aliphatic rings. The molecule has 0 radical (unpaired) electrons. The standard InChI is InChI=1S/C14H13NO/c1-2-6-11(7-3-1)13-10-12-8-4-5-9-14(12)16-15-13/h1-9,13,15H,10H2. The Morgan fingerprint density at radius 1 is 0.938 bits per heavy atom. The second-order valence-electron chi connectivity index (χ2n) is 4.00. The minimum atomic E-state index is 0.246. The second kappa shape index (κ2) is 3.99. The van der Waals surface area contributed by atoms with Crippen molar-refractivity contribution in [1.29, 1.82) is 0 Å². The first-order valence-corrected chi connectivity index (χ1v) is 5.49. The molecule has 2 heteroatoms. The average Bonchev–Trinajstić information content (AvgIpc) is 2.39. The zero-order chi connectivity index (χ0) is 10.8. The van der Waals surface area contributed by atoms with Crippen molar-refractivity contribution in [2.75, 3.05) is 0 Å². The molecule has 0 aliphatic carbocycles. The second-order valence-corrected chi connectivity index (χ2v) is 4.00. The molecular weight excluding hydrogens is 198 g/mol. The van der Waals surface area contributed by atoms with E-state index in [0.29, 0.717) is 0 Å². The molecule has 0 amide bonds. The maximum Gasteiger partial charge on any atom is 0.150 e. The van der Waals surface area contributed by atoms with Crippen molar-refractivity contribution in [3.63, 3.8) is 0 Å². The summed E-state index contributed by atoms with van der Waals surface area (Å²) < 4.78 is 0. The normalized spacial score (nSPS) is 18.6. The highest BCUT2D eigenvalue weighted by molar-refractivity contribution is 5.36. The first-order valence-electron chi connectivity index (χ1n) is 5.49. The summed E-state index contributed by atoms with van der Waals surface area (Å²) in [6.45, 7) is 0. The molecule has 1 aliphatic heterocycles. The molecule has 16 heavy (non-hydrogen) atoms. The van der Waals surface area contributed by atoms with Gasteiger partial charge in [-0.25, -0.2) is 0 Å². The van der Waals surface area contributed by atoms with Crippen molar-refractivity contribution >= 4 is 0 Å². The van der Waals surface area contributed by atoms with Crippen LogP contribution in [0.5, 0.6) is 5.75 Å². The van der Waals surface area contributed by atoms with Crippen LogP contribution < -0.4 is 10.3 Å². The zero-order valence-electron chi connectivity index (χ0n) is 8.89. The third-order valence-corrected chi connectivity index (χ3v) is 2.91. The molecule has 0 aromatic heterocycles. The summed E-state index contributed by atoms with van der Waals surface area (Å²) in [4.78, 5) is 5.54. The van der Waals surface area contributed by atoms with Crippen molar-refractivity contribution in [3.8, 4) is 5.75 Å². The third-order valence-electron chi connectivity index (χ3n) is 2.91. The Morgan fingerprint density at radius 3 is 2.56 bits per heavy atom. The van der Waals surface area contributed by atoms with Crippen molar-refractivity contribution in [3.05, 3.63) is 65.7 Å². The topological polar surface area (TPSA) is 21.3 Å². The van der Waals surface area contributed by atoms with Crippen molar-refractivity contribution in [2.24, 2.45) is 0 Å². The Labute approximate surface area is 94.8 Å². The highest BCUT2D eigenvalue weighted by Crippen LogP contribution is 2.28. The molecule has 0 fully saturated rings. The summed E-state index contributed by atoms with van der Waals surface area (Å²) in [6.07, 6.45) is 0.972. The molecule has 0 bridgehead atoms. The Hall–Kier alpha value is -1.80. The van der Waals surface area contributed by atoms with Crippen LogP contribution >= 0.6 is 0 Å². The van der Waals surface area contributed by atoms with Gasteiger partial charge in [-0.05, 0) is 23.6 Å². The summed E-state index contributed by atoms with van der Waals surface area (Å²) in [5.74, 6) is 0.940. The van der Waals surface area contributed by atoms with Crippen LogP contribution in [-0.4, -0.2) is 0 Å². The fraction of sp³-hybridized carbons (Fsp3) is 0.143. The summed E-state index contributed by atoms with van der Waals surface area (Å²) in [6, 6.07) is 18.8.